The van der Waals surface area contributed by atoms with Crippen molar-refractivity contribution in [2.24, 2.45) is 0 Å². The van der Waals surface area contributed by atoms with Crippen LogP contribution in [0.4, 0.5) is 0 Å². The van der Waals surface area contributed by atoms with Crippen LogP contribution in [0.25, 0.3) is 0 Å². The van der Waals surface area contributed by atoms with Gasteiger partial charge in [0.2, 0.25) is 0 Å². The van der Waals surface area contributed by atoms with Crippen molar-refractivity contribution in [3.05, 3.63) is 20.8 Å². The Hall–Kier alpha value is 0.620. The van der Waals surface area contributed by atoms with Gasteiger partial charge in [-0.05, 0) is 46.6 Å². The Morgan fingerprint density at radius 2 is 2.50 bits per heavy atom. The molecule has 14 heavy (non-hydrogen) atoms. The summed E-state index contributed by atoms with van der Waals surface area (Å²) in [5.74, 6) is 0. The Labute approximate surface area is 105 Å². The fourth-order valence-electron chi connectivity index (χ4n) is 1.70. The molecule has 78 valence electrons. The second kappa shape index (κ2) is 5.10. The number of thiophene rings is 1. The predicted octanol–water partition coefficient (Wildman–Crippen LogP) is 4.52. The maximum Gasteiger partial charge on any atom is 0.0590 e. The summed E-state index contributed by atoms with van der Waals surface area (Å²) in [6.07, 6.45) is 3.97. The van der Waals surface area contributed by atoms with E-state index in [0.29, 0.717) is 10.9 Å². The van der Waals surface area contributed by atoms with Gasteiger partial charge in [-0.1, -0.05) is 15.9 Å². The van der Waals surface area contributed by atoms with E-state index >= 15 is 0 Å². The summed E-state index contributed by atoms with van der Waals surface area (Å²) in [4.78, 5) is 1.81. The van der Waals surface area contributed by atoms with Crippen molar-refractivity contribution in [1.29, 1.82) is 0 Å². The zero-order chi connectivity index (χ0) is 9.97. The number of alkyl halides is 1. The molecule has 0 aromatic carbocycles. The van der Waals surface area contributed by atoms with E-state index in [2.05, 4.69) is 43.3 Å². The summed E-state index contributed by atoms with van der Waals surface area (Å²) in [6.45, 7) is 0.940. The van der Waals surface area contributed by atoms with Gasteiger partial charge in [-0.25, -0.2) is 0 Å². The monoisotopic (exact) mass is 338 g/mol. The highest BCUT2D eigenvalue weighted by molar-refractivity contribution is 9.11. The van der Waals surface area contributed by atoms with Crippen LogP contribution >= 0.6 is 43.2 Å². The second-order valence-corrected chi connectivity index (χ2v) is 6.38. The van der Waals surface area contributed by atoms with Crippen molar-refractivity contribution < 1.29 is 4.74 Å². The summed E-state index contributed by atoms with van der Waals surface area (Å²) < 4.78 is 6.83. The lowest BCUT2D eigenvalue weighted by molar-refractivity contribution is 0.104. The SMILES string of the molecule is Brc1ccsc1C(Br)CC1CCCO1. The Balaban J connectivity index is 1.95. The quantitative estimate of drug-likeness (QED) is 0.736. The third kappa shape index (κ3) is 2.60. The summed E-state index contributed by atoms with van der Waals surface area (Å²) >= 11 is 9.07. The number of ether oxygens (including phenoxy) is 1. The number of hydrogen-bond donors (Lipinski definition) is 0. The molecule has 1 nitrogen and oxygen atoms in total. The zero-order valence-electron chi connectivity index (χ0n) is 7.71. The first-order valence-corrected chi connectivity index (χ1v) is 7.35. The van der Waals surface area contributed by atoms with Gasteiger partial charge >= 0.3 is 0 Å². The van der Waals surface area contributed by atoms with Crippen molar-refractivity contribution in [2.75, 3.05) is 6.61 Å². The Kier molecular flexibility index (Phi) is 4.05. The molecule has 0 aliphatic carbocycles. The topological polar surface area (TPSA) is 9.23 Å². The maximum atomic E-state index is 5.62. The third-order valence-electron chi connectivity index (χ3n) is 2.42. The van der Waals surface area contributed by atoms with Gasteiger partial charge in [0.25, 0.3) is 0 Å². The molecule has 2 heterocycles. The summed E-state index contributed by atoms with van der Waals surface area (Å²) in [5, 5.41) is 2.11. The van der Waals surface area contributed by atoms with Crippen LogP contribution in [0.2, 0.25) is 0 Å². The van der Waals surface area contributed by atoms with Crippen molar-refractivity contribution in [3.8, 4) is 0 Å². The fourth-order valence-corrected chi connectivity index (χ4v) is 4.63. The van der Waals surface area contributed by atoms with Crippen molar-refractivity contribution in [3.63, 3.8) is 0 Å². The van der Waals surface area contributed by atoms with Crippen LogP contribution in [0.15, 0.2) is 15.9 Å². The maximum absolute atomic E-state index is 5.62. The standard InChI is InChI=1S/C10H12Br2OS/c11-8-3-5-14-10(8)9(12)6-7-2-1-4-13-7/h3,5,7,9H,1-2,4,6H2. The van der Waals surface area contributed by atoms with Gasteiger partial charge in [0, 0.05) is 16.0 Å². The van der Waals surface area contributed by atoms with Gasteiger partial charge in [0.1, 0.15) is 0 Å². The van der Waals surface area contributed by atoms with Crippen LogP contribution in [0.5, 0.6) is 0 Å². The average Bonchev–Trinajstić information content (AvgIpc) is 2.75. The molecule has 0 radical (unpaired) electrons. The first-order valence-electron chi connectivity index (χ1n) is 4.76. The van der Waals surface area contributed by atoms with E-state index in [9.17, 15) is 0 Å². The van der Waals surface area contributed by atoms with Crippen LogP contribution in [0.1, 0.15) is 29.0 Å². The Morgan fingerprint density at radius 3 is 3.07 bits per heavy atom. The van der Waals surface area contributed by atoms with Crippen molar-refractivity contribution in [2.45, 2.75) is 30.2 Å². The summed E-state index contributed by atoms with van der Waals surface area (Å²) in [6, 6.07) is 2.10. The highest BCUT2D eigenvalue weighted by Crippen LogP contribution is 2.38. The summed E-state index contributed by atoms with van der Waals surface area (Å²) in [5.41, 5.74) is 0. The lowest BCUT2D eigenvalue weighted by Gasteiger charge is -2.13. The van der Waals surface area contributed by atoms with Gasteiger partial charge < -0.3 is 4.74 Å². The predicted molar refractivity (Wildman–Crippen MR) is 67.3 cm³/mol. The molecule has 0 saturated carbocycles. The molecule has 1 fully saturated rings. The minimum Gasteiger partial charge on any atom is -0.378 e. The average molecular weight is 340 g/mol. The first kappa shape index (κ1) is 11.1. The molecule has 1 aliphatic rings. The normalized spacial score (nSPS) is 24.0. The van der Waals surface area contributed by atoms with Gasteiger partial charge in [0.05, 0.1) is 10.9 Å². The van der Waals surface area contributed by atoms with Crippen LogP contribution < -0.4 is 0 Å². The van der Waals surface area contributed by atoms with Gasteiger partial charge in [-0.2, -0.15) is 0 Å². The molecule has 0 amide bonds. The number of rotatable bonds is 3. The highest BCUT2D eigenvalue weighted by Gasteiger charge is 2.21. The van der Waals surface area contributed by atoms with Crippen molar-refractivity contribution >= 4 is 43.2 Å². The molecule has 0 N–H and O–H groups in total. The van der Waals surface area contributed by atoms with E-state index in [1.54, 1.807) is 11.3 Å². The smallest absolute Gasteiger partial charge is 0.0590 e. The lowest BCUT2D eigenvalue weighted by Crippen LogP contribution is -2.07. The van der Waals surface area contributed by atoms with Crippen LogP contribution in [-0.4, -0.2) is 12.7 Å². The third-order valence-corrected chi connectivity index (χ3v) is 5.54. The zero-order valence-corrected chi connectivity index (χ0v) is 11.7. The highest BCUT2D eigenvalue weighted by atomic mass is 79.9. The molecule has 4 heteroatoms. The molecule has 1 saturated heterocycles. The fraction of sp³-hybridized carbons (Fsp3) is 0.600. The van der Waals surface area contributed by atoms with E-state index in [1.807, 2.05) is 0 Å². The first-order chi connectivity index (χ1) is 6.77. The molecular weight excluding hydrogens is 328 g/mol. The van der Waals surface area contributed by atoms with Gasteiger partial charge in [-0.3, -0.25) is 0 Å². The Morgan fingerprint density at radius 1 is 1.64 bits per heavy atom. The molecule has 0 bridgehead atoms. The Bertz CT molecular complexity index is 294. The molecule has 1 aliphatic heterocycles. The molecule has 2 rings (SSSR count). The van der Waals surface area contributed by atoms with E-state index in [1.165, 1.54) is 22.2 Å². The molecular formula is C10H12Br2OS. The summed E-state index contributed by atoms with van der Waals surface area (Å²) in [7, 11) is 0. The molecule has 1 aromatic rings. The van der Waals surface area contributed by atoms with E-state index < -0.39 is 0 Å². The van der Waals surface area contributed by atoms with E-state index in [4.69, 9.17) is 4.74 Å². The minimum atomic E-state index is 0.431. The van der Waals surface area contributed by atoms with Crippen LogP contribution in [0.3, 0.4) is 0 Å². The van der Waals surface area contributed by atoms with Crippen LogP contribution in [-0.2, 0) is 4.74 Å². The van der Waals surface area contributed by atoms with E-state index in [-0.39, 0.29) is 0 Å². The molecule has 0 spiro atoms. The molecule has 2 unspecified atom stereocenters. The van der Waals surface area contributed by atoms with E-state index in [0.717, 1.165) is 13.0 Å². The second-order valence-electron chi connectivity index (χ2n) is 3.47. The van der Waals surface area contributed by atoms with Crippen molar-refractivity contribution in [1.82, 2.24) is 0 Å². The molecule has 1 aromatic heterocycles. The van der Waals surface area contributed by atoms with Gasteiger partial charge in [-0.15, -0.1) is 11.3 Å². The number of hydrogen-bond acceptors (Lipinski definition) is 2. The minimum absolute atomic E-state index is 0.431. The molecule has 2 atom stereocenters. The number of halogens is 2. The van der Waals surface area contributed by atoms with Crippen LogP contribution in [0, 0.1) is 0 Å². The lowest BCUT2D eigenvalue weighted by atomic mass is 10.1. The largest absolute Gasteiger partial charge is 0.378 e. The van der Waals surface area contributed by atoms with Gasteiger partial charge in [0.15, 0.2) is 0 Å².